The molecule has 0 atom stereocenters. The van der Waals surface area contributed by atoms with Crippen molar-refractivity contribution >= 4 is 28.2 Å². The first-order valence-corrected chi connectivity index (χ1v) is 11.1. The summed E-state index contributed by atoms with van der Waals surface area (Å²) >= 11 is 0. The Morgan fingerprint density at radius 3 is 1.89 bits per heavy atom. The van der Waals surface area contributed by atoms with Crippen LogP contribution in [0.4, 0.5) is 0 Å². The van der Waals surface area contributed by atoms with Gasteiger partial charge in [0.2, 0.25) is 5.91 Å². The summed E-state index contributed by atoms with van der Waals surface area (Å²) in [5.41, 5.74) is 2.17. The van der Waals surface area contributed by atoms with Crippen LogP contribution in [-0.2, 0) is 14.6 Å². The molecule has 1 saturated heterocycles. The van der Waals surface area contributed by atoms with Gasteiger partial charge in [0.1, 0.15) is 0 Å². The highest BCUT2D eigenvalue weighted by atomic mass is 35.5. The van der Waals surface area contributed by atoms with Crippen LogP contribution in [0, 0.1) is 0 Å². The molecule has 0 aromatic heterocycles. The number of sulfone groups is 1. The van der Waals surface area contributed by atoms with Crippen LogP contribution in [0.25, 0.3) is 0 Å². The molecule has 1 aliphatic rings. The molecule has 1 amide bonds. The highest BCUT2D eigenvalue weighted by Gasteiger charge is 2.48. The lowest BCUT2D eigenvalue weighted by molar-refractivity contribution is -0.124. The van der Waals surface area contributed by atoms with Crippen LogP contribution < -0.4 is 10.6 Å². The average molecular weight is 423 g/mol. The Morgan fingerprint density at radius 2 is 1.46 bits per heavy atom. The molecular weight excluding hydrogens is 396 g/mol. The highest BCUT2D eigenvalue weighted by molar-refractivity contribution is 7.92. The standard InChI is InChI=1S/C21H26N2O3S.ClH/c1-27(25,26)21(12-14-22-15-13-21)20(24)23-16-19(17-8-4-2-5-9-17)18-10-6-3-7-11-18;/h2-11,19,22H,12-16H2,1H3,(H,23,24);1H. The Labute approximate surface area is 173 Å². The average Bonchev–Trinajstić information content (AvgIpc) is 2.69. The van der Waals surface area contributed by atoms with Crippen LogP contribution in [0.1, 0.15) is 29.9 Å². The number of hydrogen-bond acceptors (Lipinski definition) is 4. The SMILES string of the molecule is CS(=O)(=O)C1(C(=O)NCC(c2ccccc2)c2ccccc2)CCNCC1.Cl. The maximum Gasteiger partial charge on any atom is 0.241 e. The lowest BCUT2D eigenvalue weighted by atomic mass is 9.90. The number of amides is 1. The van der Waals surface area contributed by atoms with E-state index in [0.717, 1.165) is 11.1 Å². The van der Waals surface area contributed by atoms with Crippen LogP contribution in [0.15, 0.2) is 60.7 Å². The van der Waals surface area contributed by atoms with E-state index >= 15 is 0 Å². The summed E-state index contributed by atoms with van der Waals surface area (Å²) in [6, 6.07) is 19.9. The fraction of sp³-hybridized carbons (Fsp3) is 0.381. The van der Waals surface area contributed by atoms with E-state index < -0.39 is 14.6 Å². The van der Waals surface area contributed by atoms with Crippen molar-refractivity contribution < 1.29 is 13.2 Å². The molecule has 2 N–H and O–H groups in total. The topological polar surface area (TPSA) is 75.3 Å². The van der Waals surface area contributed by atoms with E-state index in [1.54, 1.807) is 0 Å². The van der Waals surface area contributed by atoms with E-state index in [0.29, 0.717) is 32.5 Å². The molecule has 0 spiro atoms. The lowest BCUT2D eigenvalue weighted by Gasteiger charge is -2.35. The third kappa shape index (κ3) is 4.74. The molecule has 152 valence electrons. The zero-order valence-corrected chi connectivity index (χ0v) is 17.6. The van der Waals surface area contributed by atoms with E-state index in [2.05, 4.69) is 10.6 Å². The van der Waals surface area contributed by atoms with Crippen molar-refractivity contribution in [2.45, 2.75) is 23.5 Å². The van der Waals surface area contributed by atoms with Crippen molar-refractivity contribution in [1.82, 2.24) is 10.6 Å². The zero-order valence-electron chi connectivity index (χ0n) is 15.9. The summed E-state index contributed by atoms with van der Waals surface area (Å²) < 4.78 is 23.6. The summed E-state index contributed by atoms with van der Waals surface area (Å²) in [4.78, 5) is 13.0. The Hall–Kier alpha value is -1.89. The van der Waals surface area contributed by atoms with E-state index in [4.69, 9.17) is 0 Å². The van der Waals surface area contributed by atoms with Gasteiger partial charge in [-0.25, -0.2) is 8.42 Å². The minimum absolute atomic E-state index is 0. The van der Waals surface area contributed by atoms with Crippen LogP contribution in [0.3, 0.4) is 0 Å². The van der Waals surface area contributed by atoms with Crippen LogP contribution in [0.2, 0.25) is 0 Å². The number of halogens is 1. The molecule has 28 heavy (non-hydrogen) atoms. The third-order valence-electron chi connectivity index (χ3n) is 5.41. The van der Waals surface area contributed by atoms with Gasteiger partial charge in [0.25, 0.3) is 0 Å². The normalized spacial score (nSPS) is 16.2. The number of hydrogen-bond donors (Lipinski definition) is 2. The van der Waals surface area contributed by atoms with Crippen LogP contribution >= 0.6 is 12.4 Å². The number of benzene rings is 2. The molecule has 0 unspecified atom stereocenters. The van der Waals surface area contributed by atoms with Gasteiger partial charge in [0.05, 0.1) is 0 Å². The van der Waals surface area contributed by atoms with Crippen molar-refractivity contribution in [2.24, 2.45) is 0 Å². The fourth-order valence-electron chi connectivity index (χ4n) is 3.75. The second-order valence-electron chi connectivity index (χ2n) is 7.10. The first-order valence-electron chi connectivity index (χ1n) is 9.22. The molecular formula is C21H27ClN2O3S. The van der Waals surface area contributed by atoms with Gasteiger partial charge in [-0.15, -0.1) is 12.4 Å². The molecule has 3 rings (SSSR count). The highest BCUT2D eigenvalue weighted by Crippen LogP contribution is 2.29. The van der Waals surface area contributed by atoms with E-state index in [1.807, 2.05) is 60.7 Å². The molecule has 1 aliphatic heterocycles. The van der Waals surface area contributed by atoms with E-state index in [1.165, 1.54) is 6.26 Å². The van der Waals surface area contributed by atoms with Gasteiger partial charge in [-0.05, 0) is 37.1 Å². The fourth-order valence-corrected chi connectivity index (χ4v) is 5.11. The summed E-state index contributed by atoms with van der Waals surface area (Å²) in [5.74, 6) is -0.418. The van der Waals surface area contributed by atoms with Gasteiger partial charge in [-0.2, -0.15) is 0 Å². The number of piperidine rings is 1. The second-order valence-corrected chi connectivity index (χ2v) is 9.43. The van der Waals surface area contributed by atoms with Gasteiger partial charge >= 0.3 is 0 Å². The summed E-state index contributed by atoms with van der Waals surface area (Å²) in [6.45, 7) is 1.42. The third-order valence-corrected chi connectivity index (χ3v) is 7.42. The van der Waals surface area contributed by atoms with Crippen molar-refractivity contribution in [3.8, 4) is 0 Å². The molecule has 2 aromatic carbocycles. The van der Waals surface area contributed by atoms with E-state index in [-0.39, 0.29) is 24.2 Å². The maximum atomic E-state index is 13.0. The first-order chi connectivity index (χ1) is 12.9. The summed E-state index contributed by atoms with van der Waals surface area (Å²) in [7, 11) is -3.52. The summed E-state index contributed by atoms with van der Waals surface area (Å²) in [6.07, 6.45) is 1.78. The Morgan fingerprint density at radius 1 is 1.00 bits per heavy atom. The smallest absolute Gasteiger partial charge is 0.241 e. The largest absolute Gasteiger partial charge is 0.354 e. The second kappa shape index (κ2) is 9.54. The van der Waals surface area contributed by atoms with Crippen LogP contribution in [0.5, 0.6) is 0 Å². The molecule has 0 radical (unpaired) electrons. The minimum atomic E-state index is -3.52. The Bertz CT molecular complexity index is 828. The molecule has 5 nitrogen and oxygen atoms in total. The molecule has 1 fully saturated rings. The molecule has 2 aromatic rings. The Balaban J connectivity index is 0.00000280. The Kier molecular flexibility index (Phi) is 7.63. The van der Waals surface area contributed by atoms with Gasteiger partial charge < -0.3 is 10.6 Å². The minimum Gasteiger partial charge on any atom is -0.354 e. The predicted octanol–water partition coefficient (Wildman–Crippen LogP) is 2.52. The number of nitrogens with one attached hydrogen (secondary N) is 2. The number of carbonyl (C=O) groups excluding carboxylic acids is 1. The van der Waals surface area contributed by atoms with E-state index in [9.17, 15) is 13.2 Å². The molecule has 0 saturated carbocycles. The van der Waals surface area contributed by atoms with Crippen LogP contribution in [-0.4, -0.2) is 45.0 Å². The van der Waals surface area contributed by atoms with Gasteiger partial charge in [-0.3, -0.25) is 4.79 Å². The predicted molar refractivity (Wildman–Crippen MR) is 115 cm³/mol. The van der Waals surface area contributed by atoms with Gasteiger partial charge in [0, 0.05) is 18.7 Å². The van der Waals surface area contributed by atoms with Gasteiger partial charge in [0.15, 0.2) is 14.6 Å². The number of rotatable bonds is 6. The quantitative estimate of drug-likeness (QED) is 0.750. The molecule has 0 aliphatic carbocycles. The molecule has 1 heterocycles. The van der Waals surface area contributed by atoms with Gasteiger partial charge in [-0.1, -0.05) is 60.7 Å². The van der Waals surface area contributed by atoms with Crippen molar-refractivity contribution in [1.29, 1.82) is 0 Å². The lowest BCUT2D eigenvalue weighted by Crippen LogP contribution is -2.57. The monoisotopic (exact) mass is 422 g/mol. The van der Waals surface area contributed by atoms with Crippen molar-refractivity contribution in [3.05, 3.63) is 71.8 Å². The molecule has 0 bridgehead atoms. The number of carbonyl (C=O) groups is 1. The maximum absolute atomic E-state index is 13.0. The summed E-state index contributed by atoms with van der Waals surface area (Å²) in [5, 5.41) is 6.09. The van der Waals surface area contributed by atoms with Crippen molar-refractivity contribution in [3.63, 3.8) is 0 Å². The molecule has 7 heteroatoms. The first kappa shape index (κ1) is 22.4. The zero-order chi connectivity index (χ0) is 19.3. The van der Waals surface area contributed by atoms with Crippen molar-refractivity contribution in [2.75, 3.05) is 25.9 Å².